The van der Waals surface area contributed by atoms with Crippen molar-refractivity contribution in [1.82, 2.24) is 0 Å². The Morgan fingerprint density at radius 3 is 0.767 bits per heavy atom. The number of hydrogen-bond donors (Lipinski definition) is 0. The molecule has 0 saturated carbocycles. The van der Waals surface area contributed by atoms with Gasteiger partial charge in [0.25, 0.3) is 0 Å². The van der Waals surface area contributed by atoms with E-state index in [1.807, 2.05) is 0 Å². The average Bonchev–Trinajstić information content (AvgIpc) is 2.79. The van der Waals surface area contributed by atoms with Crippen LogP contribution >= 0.6 is 0 Å². The van der Waals surface area contributed by atoms with E-state index in [4.69, 9.17) is 0 Å². The fraction of sp³-hybridized carbons (Fsp3) is 0.529. The summed E-state index contributed by atoms with van der Waals surface area (Å²) in [5.74, 6) is 0. The Hall–Kier alpha value is 0.198. The first kappa shape index (κ1) is 39.4. The van der Waals surface area contributed by atoms with Crippen LogP contribution in [0.1, 0.15) is 11.1 Å². The third-order valence-electron chi connectivity index (χ3n) is 10.3. The second-order valence-corrected chi connectivity index (χ2v) is 103. The van der Waals surface area contributed by atoms with Gasteiger partial charge in [0.05, 0.1) is 0 Å². The maximum atomic E-state index is 3.14. The Labute approximate surface area is 282 Å². The number of hydrogen-bond acceptors (Lipinski definition) is 0. The minimum atomic E-state index is -1.69. The van der Waals surface area contributed by atoms with Crippen LogP contribution < -0.4 is 0 Å². The molecule has 2 aromatic carbocycles. The van der Waals surface area contributed by atoms with Crippen LogP contribution in [0.4, 0.5) is 0 Å². The molecule has 0 aromatic heterocycles. The molecule has 9 heteroatoms. The van der Waals surface area contributed by atoms with Gasteiger partial charge in [0.2, 0.25) is 0 Å². The second-order valence-electron chi connectivity index (χ2n) is 19.1. The average molecular weight is 772 g/mol. The molecular formula is C34H66GeSi8. The predicted octanol–water partition coefficient (Wildman–Crippen LogP) is 11.2. The van der Waals surface area contributed by atoms with Gasteiger partial charge in [-0.25, -0.2) is 0 Å². The monoisotopic (exact) mass is 772 g/mol. The predicted molar refractivity (Wildman–Crippen MR) is 226 cm³/mol. The van der Waals surface area contributed by atoms with Crippen LogP contribution in [0.3, 0.4) is 0 Å². The Morgan fingerprint density at radius 1 is 0.372 bits per heavy atom. The molecule has 0 spiro atoms. The number of rotatable bonds is 12. The molecule has 0 atom stereocenters. The molecule has 0 heterocycles. The van der Waals surface area contributed by atoms with E-state index in [2.05, 4.69) is 190 Å². The van der Waals surface area contributed by atoms with E-state index in [-0.39, 0.29) is 0 Å². The van der Waals surface area contributed by atoms with Gasteiger partial charge in [-0.3, -0.25) is 0 Å². The SMILES string of the molecule is C[Si](C)(C)[Si](C=[C]([Ge][C](=C[Si]([Si](C)(C)C)([Si](C)(C)C)[Si](C)(C)C)c1ccccc1)c1ccccc1)([Si](C)(C)C)[Si](C)(C)C. The maximum absolute atomic E-state index is 3.14. The van der Waals surface area contributed by atoms with E-state index in [9.17, 15) is 0 Å². The third-order valence-corrected chi connectivity index (χ3v) is 156. The molecule has 0 aliphatic carbocycles. The van der Waals surface area contributed by atoms with Crippen molar-refractivity contribution >= 4 is 83.0 Å². The summed E-state index contributed by atoms with van der Waals surface area (Å²) in [5.41, 5.74) is 9.34. The van der Waals surface area contributed by atoms with E-state index >= 15 is 0 Å². The van der Waals surface area contributed by atoms with Crippen LogP contribution in [0.25, 0.3) is 8.81 Å². The molecule has 2 rings (SSSR count). The van der Waals surface area contributed by atoms with Crippen LogP contribution in [0.15, 0.2) is 72.1 Å². The summed E-state index contributed by atoms with van der Waals surface area (Å²) < 4.78 is 3.55. The van der Waals surface area contributed by atoms with Gasteiger partial charge in [-0.05, 0) is 0 Å². The normalized spacial score (nSPS) is 15.6. The van der Waals surface area contributed by atoms with E-state index < -0.39 is 74.2 Å². The first-order chi connectivity index (χ1) is 19.1. The van der Waals surface area contributed by atoms with Crippen LogP contribution in [0.2, 0.25) is 118 Å². The van der Waals surface area contributed by atoms with Crippen LogP contribution in [-0.4, -0.2) is 74.2 Å². The Morgan fingerprint density at radius 2 is 0.581 bits per heavy atom. The van der Waals surface area contributed by atoms with Gasteiger partial charge < -0.3 is 0 Å². The topological polar surface area (TPSA) is 0 Å². The molecule has 0 N–H and O–H groups in total. The molecule has 43 heavy (non-hydrogen) atoms. The van der Waals surface area contributed by atoms with Gasteiger partial charge in [-0.2, -0.15) is 0 Å². The standard InChI is InChI=1S/C34H66GeSi8/c1-36(2,3)42(37(4,5)6,38(7,8)9)29-33(31-25-21-19-22-26-31)35-34(32-27-23-20-24-28-32)30-43(39(10,11)12,40(13,14)15)41(16,17)18/h19-30H,1-18H3. The zero-order chi connectivity index (χ0) is 33.5. The number of benzene rings is 2. The van der Waals surface area contributed by atoms with Crippen molar-refractivity contribution in [3.05, 3.63) is 83.2 Å². The van der Waals surface area contributed by atoms with Gasteiger partial charge in [-0.15, -0.1) is 0 Å². The summed E-state index contributed by atoms with van der Waals surface area (Å²) >= 11 is -0.558. The summed E-state index contributed by atoms with van der Waals surface area (Å²) in [7, 11) is -8.73. The van der Waals surface area contributed by atoms with Crippen LogP contribution in [-0.2, 0) is 0 Å². The van der Waals surface area contributed by atoms with Crippen molar-refractivity contribution in [2.24, 2.45) is 0 Å². The van der Waals surface area contributed by atoms with Crippen molar-refractivity contribution in [2.75, 3.05) is 0 Å². The van der Waals surface area contributed by atoms with Gasteiger partial charge in [-0.1, -0.05) is 0 Å². The first-order valence-corrected chi connectivity index (χ1v) is 49.7. The van der Waals surface area contributed by atoms with Gasteiger partial charge in [0.15, 0.2) is 0 Å². The van der Waals surface area contributed by atoms with E-state index in [1.54, 1.807) is 8.81 Å². The summed E-state index contributed by atoms with van der Waals surface area (Å²) in [5, 5.41) is 0. The molecule has 2 aromatic rings. The minimum absolute atomic E-state index is 0.558. The Balaban J connectivity index is 3.19. The molecule has 0 bridgehead atoms. The Kier molecular flexibility index (Phi) is 12.2. The van der Waals surface area contributed by atoms with Crippen molar-refractivity contribution in [1.29, 1.82) is 0 Å². The van der Waals surface area contributed by atoms with Crippen molar-refractivity contribution in [3.8, 4) is 0 Å². The third kappa shape index (κ3) is 8.02. The zero-order valence-corrected chi connectivity index (χ0v) is 41.5. The molecule has 238 valence electrons. The molecule has 0 fully saturated rings. The summed E-state index contributed by atoms with van der Waals surface area (Å²) in [6.07, 6.45) is 0. The molecule has 0 aliphatic heterocycles. The van der Waals surface area contributed by atoms with Crippen molar-refractivity contribution in [2.45, 2.75) is 118 Å². The van der Waals surface area contributed by atoms with Gasteiger partial charge >= 0.3 is 284 Å². The van der Waals surface area contributed by atoms with E-state index in [1.165, 1.54) is 11.1 Å². The van der Waals surface area contributed by atoms with Gasteiger partial charge in [0.1, 0.15) is 0 Å². The zero-order valence-electron chi connectivity index (χ0n) is 31.4. The van der Waals surface area contributed by atoms with Crippen LogP contribution in [0, 0.1) is 0 Å². The summed E-state index contributed by atoms with van der Waals surface area (Å²) in [6, 6.07) is 23.4. The molecule has 0 unspecified atom stereocenters. The van der Waals surface area contributed by atoms with E-state index in [0.29, 0.717) is 0 Å². The summed E-state index contributed by atoms with van der Waals surface area (Å²) in [4.78, 5) is 0. The van der Waals surface area contributed by atoms with E-state index in [0.717, 1.165) is 0 Å². The molecule has 0 aliphatic rings. The summed E-state index contributed by atoms with van der Waals surface area (Å²) in [6.45, 7) is 46.2. The second kappa shape index (κ2) is 13.4. The molecule has 2 radical (unpaired) electrons. The molecule has 0 saturated heterocycles. The van der Waals surface area contributed by atoms with Crippen molar-refractivity contribution in [3.63, 3.8) is 0 Å². The van der Waals surface area contributed by atoms with Crippen LogP contribution in [0.5, 0.6) is 0 Å². The van der Waals surface area contributed by atoms with Gasteiger partial charge in [0, 0.05) is 0 Å². The fourth-order valence-corrected chi connectivity index (χ4v) is 211. The molecule has 0 nitrogen and oxygen atoms in total. The fourth-order valence-electron chi connectivity index (χ4n) is 10.2. The quantitative estimate of drug-likeness (QED) is 0.189. The first-order valence-electron chi connectivity index (χ1n) is 16.5. The molecular weight excluding hydrogens is 706 g/mol. The van der Waals surface area contributed by atoms with Crippen molar-refractivity contribution < 1.29 is 0 Å². The Bertz CT molecular complexity index is 1100. The molecule has 0 amide bonds.